The molecule has 1 heterocycles. The summed E-state index contributed by atoms with van der Waals surface area (Å²) in [6.45, 7) is 5.92. The molecule has 0 spiro atoms. The molecule has 2 aliphatic rings. The number of aliphatic hydroxyl groups is 1. The van der Waals surface area contributed by atoms with Gasteiger partial charge in [0.05, 0.1) is 22.1 Å². The minimum Gasteiger partial charge on any atom is -0.508 e. The Morgan fingerprint density at radius 1 is 1.21 bits per heavy atom. The van der Waals surface area contributed by atoms with Gasteiger partial charge in [-0.2, -0.15) is 0 Å². The van der Waals surface area contributed by atoms with Crippen LogP contribution >= 0.6 is 23.2 Å². The lowest BCUT2D eigenvalue weighted by atomic mass is 9.55. The van der Waals surface area contributed by atoms with Crippen molar-refractivity contribution in [3.8, 4) is 5.75 Å². The highest BCUT2D eigenvalue weighted by Gasteiger charge is 2.57. The summed E-state index contributed by atoms with van der Waals surface area (Å²) >= 11 is 12.1. The maximum atomic E-state index is 12.8. The first kappa shape index (κ1) is 24.1. The van der Waals surface area contributed by atoms with E-state index in [1.807, 2.05) is 18.2 Å². The number of benzene rings is 2. The van der Waals surface area contributed by atoms with Gasteiger partial charge >= 0.3 is 0 Å². The molecule has 7 heteroatoms. The van der Waals surface area contributed by atoms with Crippen LogP contribution in [0.15, 0.2) is 55.1 Å². The number of fused-ring (bicyclic) bond motifs is 1. The number of piperidine rings is 1. The van der Waals surface area contributed by atoms with Gasteiger partial charge in [-0.05, 0) is 67.6 Å². The molecule has 0 radical (unpaired) electrons. The summed E-state index contributed by atoms with van der Waals surface area (Å²) in [7, 11) is 0. The number of nitrogens with zero attached hydrogens (tertiary/aromatic N) is 1. The van der Waals surface area contributed by atoms with Gasteiger partial charge in [0.2, 0.25) is 5.91 Å². The highest BCUT2D eigenvalue weighted by molar-refractivity contribution is 6.42. The van der Waals surface area contributed by atoms with Crippen LogP contribution in [-0.4, -0.2) is 52.3 Å². The monoisotopic (exact) mass is 488 g/mol. The second kappa shape index (κ2) is 9.67. The van der Waals surface area contributed by atoms with Gasteiger partial charge in [-0.3, -0.25) is 9.69 Å². The number of aromatic hydroxyl groups is 1. The summed E-state index contributed by atoms with van der Waals surface area (Å²) in [5.74, 6) is 0.0995. The zero-order chi connectivity index (χ0) is 23.6. The summed E-state index contributed by atoms with van der Waals surface area (Å²) in [6, 6.07) is 12.3. The Bertz CT molecular complexity index is 1050. The molecular formula is C26H30Cl2N2O3. The number of likely N-dealkylation sites (tertiary alicyclic amines) is 1. The van der Waals surface area contributed by atoms with Crippen molar-refractivity contribution < 1.29 is 15.0 Å². The molecule has 3 N–H and O–H groups in total. The van der Waals surface area contributed by atoms with E-state index in [1.54, 1.807) is 30.3 Å². The molecule has 5 nitrogen and oxygen atoms in total. The highest BCUT2D eigenvalue weighted by atomic mass is 35.5. The van der Waals surface area contributed by atoms with Crippen LogP contribution in [0.4, 0.5) is 0 Å². The van der Waals surface area contributed by atoms with Crippen LogP contribution in [0.3, 0.4) is 0 Å². The normalized spacial score (nSPS) is 27.5. The fourth-order valence-corrected chi connectivity index (χ4v) is 5.96. The number of β-amino-alcohol motifs (C(OH)–C–C–N with tert-alkyl or cyclic N) is 1. The zero-order valence-electron chi connectivity index (χ0n) is 18.6. The van der Waals surface area contributed by atoms with Gasteiger partial charge in [-0.25, -0.2) is 0 Å². The number of carbonyl (C=O) groups is 1. The lowest BCUT2D eigenvalue weighted by molar-refractivity contribution is -0.132. The molecule has 4 rings (SSSR count). The number of amides is 1. The van der Waals surface area contributed by atoms with E-state index in [2.05, 4.69) is 16.8 Å². The maximum absolute atomic E-state index is 12.8. The van der Waals surface area contributed by atoms with Crippen LogP contribution in [0.2, 0.25) is 10.0 Å². The van der Waals surface area contributed by atoms with E-state index in [4.69, 9.17) is 23.2 Å². The SMILES string of the molecule is C=CCN1CC[C@@]2(c3cccc(O)c3)C[C@H](NC(=O)Cc3ccc(Cl)c(Cl)c3)CC[C@]2(O)C1. The Balaban J connectivity index is 1.55. The molecule has 1 aliphatic heterocycles. The van der Waals surface area contributed by atoms with Gasteiger partial charge < -0.3 is 15.5 Å². The van der Waals surface area contributed by atoms with E-state index >= 15 is 0 Å². The van der Waals surface area contributed by atoms with Crippen molar-refractivity contribution in [3.05, 3.63) is 76.3 Å². The molecule has 1 aliphatic carbocycles. The number of carbonyl (C=O) groups excluding carboxylic acids is 1. The largest absolute Gasteiger partial charge is 0.508 e. The van der Waals surface area contributed by atoms with Gasteiger partial charge in [0, 0.05) is 24.5 Å². The number of nitrogens with one attached hydrogen (secondary N) is 1. The summed E-state index contributed by atoms with van der Waals surface area (Å²) < 4.78 is 0. The lowest BCUT2D eigenvalue weighted by Gasteiger charge is -2.58. The van der Waals surface area contributed by atoms with Crippen molar-refractivity contribution in [2.45, 2.75) is 49.2 Å². The molecule has 0 unspecified atom stereocenters. The molecule has 1 saturated carbocycles. The molecule has 2 aromatic rings. The van der Waals surface area contributed by atoms with E-state index in [1.165, 1.54) is 0 Å². The van der Waals surface area contributed by atoms with Crippen molar-refractivity contribution in [2.24, 2.45) is 0 Å². The predicted molar refractivity (Wildman–Crippen MR) is 132 cm³/mol. The van der Waals surface area contributed by atoms with Gasteiger partial charge in [-0.1, -0.05) is 47.5 Å². The average molecular weight is 489 g/mol. The Morgan fingerprint density at radius 3 is 2.76 bits per heavy atom. The van der Waals surface area contributed by atoms with Gasteiger partial charge in [0.15, 0.2) is 0 Å². The third-order valence-corrected chi connectivity index (χ3v) is 7.97. The summed E-state index contributed by atoms with van der Waals surface area (Å²) in [5, 5.41) is 26.2. The van der Waals surface area contributed by atoms with E-state index in [0.717, 1.165) is 30.6 Å². The van der Waals surface area contributed by atoms with Gasteiger partial charge in [0.1, 0.15) is 5.75 Å². The van der Waals surface area contributed by atoms with E-state index in [-0.39, 0.29) is 24.1 Å². The molecule has 3 atom stereocenters. The van der Waals surface area contributed by atoms with Crippen LogP contribution < -0.4 is 5.32 Å². The number of halogens is 2. The number of phenols is 1. The molecule has 1 amide bonds. The van der Waals surface area contributed by atoms with Crippen molar-refractivity contribution in [1.82, 2.24) is 10.2 Å². The van der Waals surface area contributed by atoms with Crippen LogP contribution in [-0.2, 0) is 16.6 Å². The van der Waals surface area contributed by atoms with Crippen LogP contribution in [0.5, 0.6) is 5.75 Å². The molecule has 33 heavy (non-hydrogen) atoms. The van der Waals surface area contributed by atoms with Crippen molar-refractivity contribution in [3.63, 3.8) is 0 Å². The van der Waals surface area contributed by atoms with Crippen molar-refractivity contribution in [2.75, 3.05) is 19.6 Å². The van der Waals surface area contributed by atoms with Crippen LogP contribution in [0.25, 0.3) is 0 Å². The smallest absolute Gasteiger partial charge is 0.224 e. The Morgan fingerprint density at radius 2 is 2.03 bits per heavy atom. The van der Waals surface area contributed by atoms with Gasteiger partial charge in [0.25, 0.3) is 0 Å². The molecule has 2 aromatic carbocycles. The second-order valence-corrected chi connectivity index (χ2v) is 10.2. The first-order chi connectivity index (χ1) is 15.7. The maximum Gasteiger partial charge on any atom is 0.224 e. The highest BCUT2D eigenvalue weighted by Crippen LogP contribution is 2.52. The minimum atomic E-state index is -0.951. The third-order valence-electron chi connectivity index (χ3n) is 7.23. The fraction of sp³-hybridized carbons (Fsp3) is 0.423. The van der Waals surface area contributed by atoms with Crippen molar-refractivity contribution in [1.29, 1.82) is 0 Å². The number of hydrogen-bond acceptors (Lipinski definition) is 4. The minimum absolute atomic E-state index is 0.0751. The zero-order valence-corrected chi connectivity index (χ0v) is 20.1. The first-order valence-electron chi connectivity index (χ1n) is 11.3. The average Bonchev–Trinajstić information content (AvgIpc) is 2.77. The topological polar surface area (TPSA) is 72.8 Å². The first-order valence-corrected chi connectivity index (χ1v) is 12.1. The standard InChI is InChI=1S/C26H30Cl2N2O3/c1-2-11-30-12-10-25(19-4-3-5-21(31)15-19)16-20(8-9-26(25,33)17-30)29-24(32)14-18-6-7-22(27)23(28)13-18/h2-7,13,15,20,31,33H,1,8-12,14,16-17H2,(H,29,32)/t20-,25+,26+/m1/s1. The van der Waals surface area contributed by atoms with Gasteiger partial charge in [-0.15, -0.1) is 6.58 Å². The number of rotatable bonds is 6. The number of hydrogen-bond donors (Lipinski definition) is 3. The molecule has 0 bridgehead atoms. The molecule has 2 fully saturated rings. The Kier molecular flexibility index (Phi) is 7.06. The second-order valence-electron chi connectivity index (χ2n) is 9.37. The van der Waals surface area contributed by atoms with Crippen molar-refractivity contribution >= 4 is 29.1 Å². The number of phenolic OH excluding ortho intramolecular Hbond substituents is 1. The van der Waals surface area contributed by atoms with Crippen LogP contribution in [0.1, 0.15) is 36.8 Å². The Labute approximate surface area is 205 Å². The fourth-order valence-electron chi connectivity index (χ4n) is 5.64. The third kappa shape index (κ3) is 4.92. The Hall–Kier alpha value is -2.05. The summed E-state index contributed by atoms with van der Waals surface area (Å²) in [6.07, 6.45) is 4.67. The van der Waals surface area contributed by atoms with E-state index in [9.17, 15) is 15.0 Å². The predicted octanol–water partition coefficient (Wildman–Crippen LogP) is 4.47. The van der Waals surface area contributed by atoms with Crippen LogP contribution in [0, 0.1) is 0 Å². The summed E-state index contributed by atoms with van der Waals surface area (Å²) in [4.78, 5) is 15.1. The molecule has 176 valence electrons. The summed E-state index contributed by atoms with van der Waals surface area (Å²) in [5.41, 5.74) is 0.220. The molecular weight excluding hydrogens is 459 g/mol. The molecule has 0 aromatic heterocycles. The van der Waals surface area contributed by atoms with E-state index in [0.29, 0.717) is 35.9 Å². The molecule has 1 saturated heterocycles. The lowest BCUT2D eigenvalue weighted by Crippen LogP contribution is -2.67. The van der Waals surface area contributed by atoms with E-state index < -0.39 is 11.0 Å². The quantitative estimate of drug-likeness (QED) is 0.524.